The Balaban J connectivity index is 1.71. The van der Waals surface area contributed by atoms with E-state index in [-0.39, 0.29) is 27.2 Å². The fourth-order valence-corrected chi connectivity index (χ4v) is 3.17. The summed E-state index contributed by atoms with van der Waals surface area (Å²) in [5, 5.41) is 3.73. The van der Waals surface area contributed by atoms with Gasteiger partial charge in [0.15, 0.2) is 5.75 Å². The van der Waals surface area contributed by atoms with Gasteiger partial charge in [-0.1, -0.05) is 29.3 Å². The molecular formula is C21H11Cl2F5N2O3. The van der Waals surface area contributed by atoms with Crippen LogP contribution >= 0.6 is 23.2 Å². The van der Waals surface area contributed by atoms with Crippen LogP contribution in [0.3, 0.4) is 0 Å². The van der Waals surface area contributed by atoms with E-state index in [0.29, 0.717) is 0 Å². The minimum Gasteiger partial charge on any atom is -0.454 e. The third-order valence-electron chi connectivity index (χ3n) is 4.07. The largest absolute Gasteiger partial charge is 0.454 e. The normalized spacial score (nSPS) is 11.1. The van der Waals surface area contributed by atoms with Crippen molar-refractivity contribution in [1.82, 2.24) is 5.32 Å². The van der Waals surface area contributed by atoms with Crippen LogP contribution in [0.1, 0.15) is 15.9 Å². The van der Waals surface area contributed by atoms with E-state index in [1.165, 1.54) is 12.1 Å². The minimum atomic E-state index is -4.51. The zero-order chi connectivity index (χ0) is 24.3. The molecule has 12 heteroatoms. The topological polar surface area (TPSA) is 67.4 Å². The van der Waals surface area contributed by atoms with Crippen LogP contribution < -0.4 is 15.4 Å². The number of halogens is 7. The van der Waals surface area contributed by atoms with Crippen molar-refractivity contribution in [3.63, 3.8) is 0 Å². The number of ether oxygens (including phenoxy) is 1. The minimum absolute atomic E-state index is 0.0101. The Bertz CT molecular complexity index is 1170. The molecule has 0 radical (unpaired) electrons. The third-order valence-corrected chi connectivity index (χ3v) is 4.64. The zero-order valence-corrected chi connectivity index (χ0v) is 17.6. The third kappa shape index (κ3) is 5.91. The second kappa shape index (κ2) is 9.63. The average Bonchev–Trinajstić information content (AvgIpc) is 2.70. The Hall–Kier alpha value is -3.37. The fourth-order valence-electron chi connectivity index (χ4n) is 2.60. The van der Waals surface area contributed by atoms with E-state index in [4.69, 9.17) is 27.9 Å². The van der Waals surface area contributed by atoms with Crippen LogP contribution in [-0.2, 0) is 6.18 Å². The molecule has 3 aromatic carbocycles. The van der Waals surface area contributed by atoms with Gasteiger partial charge in [0.2, 0.25) is 0 Å². The van der Waals surface area contributed by atoms with E-state index in [2.05, 4.69) is 5.32 Å². The van der Waals surface area contributed by atoms with Gasteiger partial charge in [-0.05, 0) is 48.5 Å². The van der Waals surface area contributed by atoms with Crippen molar-refractivity contribution in [2.24, 2.45) is 0 Å². The molecule has 3 amide bonds. The standard InChI is InChI=1S/C21H11Cl2F5N2O3/c22-13-8-11(29-20(32)30-19(31)17-15(24)2-1-3-16(17)25)9-14(23)18(13)33-12-6-4-10(5-7-12)21(26,27)28/h1-9H,(H2,29,30,31,32). The first kappa shape index (κ1) is 24.3. The second-order valence-corrected chi connectivity index (χ2v) is 7.21. The number of imide groups is 1. The van der Waals surface area contributed by atoms with Crippen molar-refractivity contribution >= 4 is 40.8 Å². The molecule has 0 atom stereocenters. The molecule has 5 nitrogen and oxygen atoms in total. The van der Waals surface area contributed by atoms with Gasteiger partial charge in [0.05, 0.1) is 15.6 Å². The van der Waals surface area contributed by atoms with Crippen LogP contribution in [0.15, 0.2) is 54.6 Å². The first-order valence-corrected chi connectivity index (χ1v) is 9.62. The quantitative estimate of drug-likeness (QED) is 0.374. The number of nitrogens with one attached hydrogen (secondary N) is 2. The van der Waals surface area contributed by atoms with Gasteiger partial charge in [-0.2, -0.15) is 13.2 Å². The number of rotatable bonds is 4. The van der Waals surface area contributed by atoms with Crippen LogP contribution in [0, 0.1) is 11.6 Å². The molecule has 0 heterocycles. The predicted molar refractivity (Wildman–Crippen MR) is 111 cm³/mol. The predicted octanol–water partition coefficient (Wildman–Crippen LogP) is 7.04. The van der Waals surface area contributed by atoms with Gasteiger partial charge in [0, 0.05) is 5.69 Å². The highest BCUT2D eigenvalue weighted by Gasteiger charge is 2.30. The number of amides is 3. The number of hydrogen-bond donors (Lipinski definition) is 2. The first-order chi connectivity index (χ1) is 15.5. The molecule has 0 unspecified atom stereocenters. The van der Waals surface area contributed by atoms with Crippen molar-refractivity contribution in [1.29, 1.82) is 0 Å². The Morgan fingerprint density at radius 3 is 1.94 bits per heavy atom. The molecule has 3 aromatic rings. The summed E-state index contributed by atoms with van der Waals surface area (Å²) >= 11 is 12.2. The summed E-state index contributed by atoms with van der Waals surface area (Å²) in [5.41, 5.74) is -1.82. The summed E-state index contributed by atoms with van der Waals surface area (Å²) < 4.78 is 70.7. The summed E-state index contributed by atoms with van der Waals surface area (Å²) in [6.07, 6.45) is -4.51. The van der Waals surface area contributed by atoms with E-state index in [1.807, 2.05) is 0 Å². The monoisotopic (exact) mass is 504 g/mol. The van der Waals surface area contributed by atoms with Crippen LogP contribution in [-0.4, -0.2) is 11.9 Å². The molecule has 0 aliphatic rings. The lowest BCUT2D eigenvalue weighted by molar-refractivity contribution is -0.137. The number of alkyl halides is 3. The average molecular weight is 505 g/mol. The highest BCUT2D eigenvalue weighted by atomic mass is 35.5. The number of anilines is 1. The molecule has 0 bridgehead atoms. The van der Waals surface area contributed by atoms with Gasteiger partial charge in [-0.25, -0.2) is 13.6 Å². The van der Waals surface area contributed by atoms with Gasteiger partial charge in [-0.3, -0.25) is 10.1 Å². The number of carbonyl (C=O) groups is 2. The first-order valence-electron chi connectivity index (χ1n) is 8.86. The lowest BCUT2D eigenvalue weighted by Crippen LogP contribution is -2.35. The molecular weight excluding hydrogens is 494 g/mol. The lowest BCUT2D eigenvalue weighted by atomic mass is 10.2. The van der Waals surface area contributed by atoms with E-state index >= 15 is 0 Å². The van der Waals surface area contributed by atoms with Crippen molar-refractivity contribution in [2.45, 2.75) is 6.18 Å². The maximum Gasteiger partial charge on any atom is 0.416 e. The maximum absolute atomic E-state index is 13.7. The Morgan fingerprint density at radius 2 is 1.42 bits per heavy atom. The SMILES string of the molecule is O=C(NC(=O)c1c(F)cccc1F)Nc1cc(Cl)c(Oc2ccc(C(F)(F)F)cc2)c(Cl)c1. The molecule has 33 heavy (non-hydrogen) atoms. The molecule has 0 spiro atoms. The Labute approximate surface area is 193 Å². The van der Waals surface area contributed by atoms with Gasteiger partial charge in [0.25, 0.3) is 5.91 Å². The van der Waals surface area contributed by atoms with Gasteiger partial charge in [0.1, 0.15) is 22.9 Å². The zero-order valence-electron chi connectivity index (χ0n) is 16.1. The highest BCUT2D eigenvalue weighted by Crippen LogP contribution is 2.39. The van der Waals surface area contributed by atoms with Crippen molar-refractivity contribution in [3.05, 3.63) is 87.4 Å². The summed E-state index contributed by atoms with van der Waals surface area (Å²) in [6, 6.07) is 7.76. The van der Waals surface area contributed by atoms with E-state index in [0.717, 1.165) is 42.5 Å². The number of benzene rings is 3. The van der Waals surface area contributed by atoms with E-state index < -0.39 is 40.9 Å². The molecule has 0 fully saturated rings. The molecule has 2 N–H and O–H groups in total. The van der Waals surface area contributed by atoms with E-state index in [9.17, 15) is 31.5 Å². The summed E-state index contributed by atoms with van der Waals surface area (Å²) in [5.74, 6) is -3.72. The molecule has 0 aliphatic heterocycles. The number of carbonyl (C=O) groups excluding carboxylic acids is 2. The summed E-state index contributed by atoms with van der Waals surface area (Å²) in [7, 11) is 0. The molecule has 3 rings (SSSR count). The van der Waals surface area contributed by atoms with Crippen molar-refractivity contribution < 1.29 is 36.3 Å². The van der Waals surface area contributed by atoms with Crippen molar-refractivity contribution in [2.75, 3.05) is 5.32 Å². The highest BCUT2D eigenvalue weighted by molar-refractivity contribution is 6.37. The lowest BCUT2D eigenvalue weighted by Gasteiger charge is -2.13. The summed E-state index contributed by atoms with van der Waals surface area (Å²) in [4.78, 5) is 24.0. The number of hydrogen-bond acceptors (Lipinski definition) is 3. The van der Waals surface area contributed by atoms with Crippen molar-refractivity contribution in [3.8, 4) is 11.5 Å². The van der Waals surface area contributed by atoms with Crippen LogP contribution in [0.5, 0.6) is 11.5 Å². The Kier molecular flexibility index (Phi) is 7.09. The maximum atomic E-state index is 13.7. The fraction of sp³-hybridized carbons (Fsp3) is 0.0476. The smallest absolute Gasteiger partial charge is 0.416 e. The van der Waals surface area contributed by atoms with Gasteiger partial charge < -0.3 is 10.1 Å². The van der Waals surface area contributed by atoms with Crippen LogP contribution in [0.2, 0.25) is 10.0 Å². The molecule has 0 aliphatic carbocycles. The van der Waals surface area contributed by atoms with Crippen LogP contribution in [0.4, 0.5) is 32.4 Å². The van der Waals surface area contributed by atoms with Gasteiger partial charge >= 0.3 is 12.2 Å². The van der Waals surface area contributed by atoms with Crippen LogP contribution in [0.25, 0.3) is 0 Å². The summed E-state index contributed by atoms with van der Waals surface area (Å²) in [6.45, 7) is 0. The molecule has 0 aromatic heterocycles. The van der Waals surface area contributed by atoms with Gasteiger partial charge in [-0.15, -0.1) is 0 Å². The molecule has 0 saturated heterocycles. The Morgan fingerprint density at radius 1 is 0.879 bits per heavy atom. The van der Waals surface area contributed by atoms with E-state index in [1.54, 1.807) is 5.32 Å². The molecule has 0 saturated carbocycles. The number of urea groups is 1. The molecule has 172 valence electrons. The second-order valence-electron chi connectivity index (χ2n) is 6.40.